The first-order valence-electron chi connectivity index (χ1n) is 5.89. The molecule has 0 aromatic carbocycles. The highest BCUT2D eigenvalue weighted by molar-refractivity contribution is 5.69. The van der Waals surface area contributed by atoms with Crippen LogP contribution in [0, 0.1) is 6.92 Å². The lowest BCUT2D eigenvalue weighted by Crippen LogP contribution is -2.37. The Labute approximate surface area is 102 Å². The number of nitrogens with zero attached hydrogens (tertiary/aromatic N) is 3. The summed E-state index contributed by atoms with van der Waals surface area (Å²) in [7, 11) is 1.89. The van der Waals surface area contributed by atoms with Crippen LogP contribution in [0.4, 0.5) is 0 Å². The number of carbonyl (C=O) groups is 1. The molecule has 1 heterocycles. The van der Waals surface area contributed by atoms with Gasteiger partial charge in [0, 0.05) is 19.6 Å². The minimum atomic E-state index is -0.788. The van der Waals surface area contributed by atoms with Crippen LogP contribution in [0.5, 0.6) is 0 Å². The lowest BCUT2D eigenvalue weighted by Gasteiger charge is -2.26. The summed E-state index contributed by atoms with van der Waals surface area (Å²) in [5.41, 5.74) is 2.01. The average Bonchev–Trinajstić information content (AvgIpc) is 2.54. The first-order valence-corrected chi connectivity index (χ1v) is 5.89. The average molecular weight is 239 g/mol. The van der Waals surface area contributed by atoms with Crippen molar-refractivity contribution in [2.75, 3.05) is 6.54 Å². The Bertz CT molecular complexity index is 387. The molecule has 0 bridgehead atoms. The van der Waals surface area contributed by atoms with Crippen LogP contribution < -0.4 is 0 Å². The van der Waals surface area contributed by atoms with E-state index in [1.807, 2.05) is 36.5 Å². The van der Waals surface area contributed by atoms with Gasteiger partial charge >= 0.3 is 5.97 Å². The highest BCUT2D eigenvalue weighted by Crippen LogP contribution is 2.11. The van der Waals surface area contributed by atoms with E-state index in [1.54, 1.807) is 0 Å². The maximum Gasteiger partial charge on any atom is 0.317 e. The highest BCUT2D eigenvalue weighted by atomic mass is 16.4. The van der Waals surface area contributed by atoms with E-state index in [2.05, 4.69) is 12.0 Å². The van der Waals surface area contributed by atoms with Gasteiger partial charge in [-0.1, -0.05) is 6.92 Å². The van der Waals surface area contributed by atoms with Gasteiger partial charge in [0.1, 0.15) is 0 Å². The zero-order valence-electron chi connectivity index (χ0n) is 11.0. The quantitative estimate of drug-likeness (QED) is 0.815. The number of hydrogen-bond acceptors (Lipinski definition) is 3. The van der Waals surface area contributed by atoms with E-state index in [4.69, 9.17) is 5.11 Å². The molecule has 0 saturated heterocycles. The molecule has 0 spiro atoms. The molecule has 0 aliphatic carbocycles. The van der Waals surface area contributed by atoms with Crippen molar-refractivity contribution in [2.24, 2.45) is 7.05 Å². The van der Waals surface area contributed by atoms with Crippen LogP contribution in [-0.4, -0.2) is 38.3 Å². The predicted octanol–water partition coefficient (Wildman–Crippen LogP) is 1.41. The van der Waals surface area contributed by atoms with E-state index in [-0.39, 0.29) is 12.6 Å². The van der Waals surface area contributed by atoms with Crippen LogP contribution >= 0.6 is 0 Å². The van der Waals surface area contributed by atoms with Gasteiger partial charge in [0.25, 0.3) is 0 Å². The Morgan fingerprint density at radius 1 is 1.65 bits per heavy atom. The molecule has 5 heteroatoms. The molecule has 1 aromatic heterocycles. The largest absolute Gasteiger partial charge is 0.480 e. The first-order chi connectivity index (χ1) is 7.93. The second-order valence-corrected chi connectivity index (χ2v) is 4.46. The fourth-order valence-corrected chi connectivity index (χ4v) is 1.82. The van der Waals surface area contributed by atoms with Crippen molar-refractivity contribution in [3.05, 3.63) is 17.5 Å². The molecule has 96 valence electrons. The Hall–Kier alpha value is -1.36. The maximum absolute atomic E-state index is 10.8. The highest BCUT2D eigenvalue weighted by Gasteiger charge is 2.17. The third-order valence-corrected chi connectivity index (χ3v) is 3.02. The summed E-state index contributed by atoms with van der Waals surface area (Å²) in [6.45, 7) is 6.74. The molecule has 17 heavy (non-hydrogen) atoms. The SMILES string of the molecule is CCC(C)N(CC(=O)O)Cc1cc(C)nn1C. The summed E-state index contributed by atoms with van der Waals surface area (Å²) in [4.78, 5) is 12.8. The van der Waals surface area contributed by atoms with Crippen LogP contribution in [0.15, 0.2) is 6.07 Å². The summed E-state index contributed by atoms with van der Waals surface area (Å²) in [6, 6.07) is 2.25. The number of carboxylic acids is 1. The molecule has 1 N–H and O–H groups in total. The van der Waals surface area contributed by atoms with Gasteiger partial charge < -0.3 is 5.11 Å². The molecule has 1 rings (SSSR count). The van der Waals surface area contributed by atoms with E-state index in [0.29, 0.717) is 6.54 Å². The number of rotatable bonds is 6. The van der Waals surface area contributed by atoms with Gasteiger partial charge in [0.15, 0.2) is 0 Å². The smallest absolute Gasteiger partial charge is 0.317 e. The van der Waals surface area contributed by atoms with Gasteiger partial charge in [-0.3, -0.25) is 14.4 Å². The molecule has 0 aliphatic rings. The molecule has 0 fully saturated rings. The number of aliphatic carboxylic acids is 1. The number of carboxylic acid groups (broad SMARTS) is 1. The van der Waals surface area contributed by atoms with Gasteiger partial charge in [0.2, 0.25) is 0 Å². The van der Waals surface area contributed by atoms with Crippen LogP contribution in [0.2, 0.25) is 0 Å². The maximum atomic E-state index is 10.8. The topological polar surface area (TPSA) is 58.4 Å². The number of hydrogen-bond donors (Lipinski definition) is 1. The Kier molecular flexibility index (Phi) is 4.69. The Morgan fingerprint density at radius 3 is 2.71 bits per heavy atom. The standard InChI is InChI=1S/C12H21N3O2/c1-5-10(3)15(8-12(16)17)7-11-6-9(2)13-14(11)4/h6,10H,5,7-8H2,1-4H3,(H,16,17). The fraction of sp³-hybridized carbons (Fsp3) is 0.667. The van der Waals surface area contributed by atoms with Crippen LogP contribution in [0.3, 0.4) is 0 Å². The monoisotopic (exact) mass is 239 g/mol. The summed E-state index contributed by atoms with van der Waals surface area (Å²) < 4.78 is 1.81. The molecule has 1 atom stereocenters. The van der Waals surface area contributed by atoms with Gasteiger partial charge in [0.05, 0.1) is 17.9 Å². The lowest BCUT2D eigenvalue weighted by molar-refractivity contribution is -0.139. The first kappa shape index (κ1) is 13.7. The third-order valence-electron chi connectivity index (χ3n) is 3.02. The summed E-state index contributed by atoms with van der Waals surface area (Å²) in [5.74, 6) is -0.788. The minimum Gasteiger partial charge on any atom is -0.480 e. The number of aryl methyl sites for hydroxylation is 2. The molecule has 0 aliphatic heterocycles. The number of aromatic nitrogens is 2. The lowest BCUT2D eigenvalue weighted by atomic mass is 10.2. The van der Waals surface area contributed by atoms with Crippen molar-refractivity contribution in [1.29, 1.82) is 0 Å². The molecule has 1 unspecified atom stereocenters. The molecule has 1 aromatic rings. The Balaban J connectivity index is 2.78. The normalized spacial score (nSPS) is 13.0. The molecule has 5 nitrogen and oxygen atoms in total. The van der Waals surface area contributed by atoms with E-state index in [1.165, 1.54) is 0 Å². The summed E-state index contributed by atoms with van der Waals surface area (Å²) in [5, 5.41) is 13.2. The van der Waals surface area contributed by atoms with E-state index in [0.717, 1.165) is 17.8 Å². The van der Waals surface area contributed by atoms with Crippen molar-refractivity contribution in [2.45, 2.75) is 39.8 Å². The molecular formula is C12H21N3O2. The van der Waals surface area contributed by atoms with Crippen molar-refractivity contribution in [3.63, 3.8) is 0 Å². The zero-order valence-corrected chi connectivity index (χ0v) is 11.0. The third kappa shape index (κ3) is 3.85. The second-order valence-electron chi connectivity index (χ2n) is 4.46. The summed E-state index contributed by atoms with van der Waals surface area (Å²) in [6.07, 6.45) is 0.935. The van der Waals surface area contributed by atoms with Crippen molar-refractivity contribution in [1.82, 2.24) is 14.7 Å². The van der Waals surface area contributed by atoms with Crippen molar-refractivity contribution < 1.29 is 9.90 Å². The van der Waals surface area contributed by atoms with Crippen molar-refractivity contribution >= 4 is 5.97 Å². The predicted molar refractivity (Wildman–Crippen MR) is 65.7 cm³/mol. The molecular weight excluding hydrogens is 218 g/mol. The van der Waals surface area contributed by atoms with Crippen LogP contribution in [0.25, 0.3) is 0 Å². The Morgan fingerprint density at radius 2 is 2.29 bits per heavy atom. The molecule has 0 amide bonds. The van der Waals surface area contributed by atoms with E-state index in [9.17, 15) is 4.79 Å². The van der Waals surface area contributed by atoms with E-state index >= 15 is 0 Å². The van der Waals surface area contributed by atoms with Crippen LogP contribution in [-0.2, 0) is 18.4 Å². The zero-order chi connectivity index (χ0) is 13.0. The van der Waals surface area contributed by atoms with Gasteiger partial charge in [-0.05, 0) is 26.3 Å². The molecule has 0 saturated carbocycles. The van der Waals surface area contributed by atoms with Gasteiger partial charge in [-0.25, -0.2) is 0 Å². The fourth-order valence-electron chi connectivity index (χ4n) is 1.82. The van der Waals surface area contributed by atoms with Crippen molar-refractivity contribution in [3.8, 4) is 0 Å². The van der Waals surface area contributed by atoms with E-state index < -0.39 is 5.97 Å². The van der Waals surface area contributed by atoms with Gasteiger partial charge in [-0.15, -0.1) is 0 Å². The second kappa shape index (κ2) is 5.82. The minimum absolute atomic E-state index is 0.0687. The van der Waals surface area contributed by atoms with Gasteiger partial charge in [-0.2, -0.15) is 5.10 Å². The summed E-state index contributed by atoms with van der Waals surface area (Å²) >= 11 is 0. The molecule has 0 radical (unpaired) electrons. The van der Waals surface area contributed by atoms with Crippen LogP contribution in [0.1, 0.15) is 31.7 Å².